The lowest BCUT2D eigenvalue weighted by atomic mass is 9.86. The highest BCUT2D eigenvalue weighted by molar-refractivity contribution is 5.53. The summed E-state index contributed by atoms with van der Waals surface area (Å²) in [6.07, 6.45) is 1.08. The Hall–Kier alpha value is -1.80. The first-order chi connectivity index (χ1) is 8.75. The molecule has 0 saturated heterocycles. The molecule has 18 heavy (non-hydrogen) atoms. The molecule has 2 heteroatoms. The molecule has 0 fully saturated rings. The zero-order valence-electron chi connectivity index (χ0n) is 10.6. The summed E-state index contributed by atoms with van der Waals surface area (Å²) in [5, 5.41) is 3.65. The van der Waals surface area contributed by atoms with E-state index in [2.05, 4.69) is 48.6 Å². The molecule has 2 aromatic rings. The lowest BCUT2D eigenvalue weighted by Gasteiger charge is -2.32. The van der Waals surface area contributed by atoms with Crippen molar-refractivity contribution in [3.05, 3.63) is 65.2 Å². The fourth-order valence-corrected chi connectivity index (χ4v) is 2.80. The van der Waals surface area contributed by atoms with E-state index in [9.17, 15) is 0 Å². The van der Waals surface area contributed by atoms with Crippen LogP contribution in [-0.4, -0.2) is 6.04 Å². The number of nitrogens with one attached hydrogen (secondary N) is 1. The molecule has 1 aliphatic heterocycles. The first-order valence-electron chi connectivity index (χ1n) is 6.44. The minimum atomic E-state index is 0.214. The Morgan fingerprint density at radius 3 is 2.44 bits per heavy atom. The number of para-hydroxylation sites is 1. The second kappa shape index (κ2) is 4.46. The largest absolute Gasteiger partial charge is 0.398 e. The van der Waals surface area contributed by atoms with Crippen LogP contribution in [-0.2, 0) is 6.42 Å². The third kappa shape index (κ3) is 1.89. The number of hydrogen-bond acceptors (Lipinski definition) is 2. The van der Waals surface area contributed by atoms with E-state index in [1.54, 1.807) is 0 Å². The summed E-state index contributed by atoms with van der Waals surface area (Å²) < 4.78 is 0. The standard InChI is InChI=1S/C16H18N2/c1-11-10-12-6-2-3-7-13(12)16(18-11)14-8-4-5-9-15(14)17/h2-9,11,16,18H,10,17H2,1H3/t11-,16+/m0/s1. The molecule has 3 N–H and O–H groups in total. The van der Waals surface area contributed by atoms with Crippen molar-refractivity contribution in [1.82, 2.24) is 5.32 Å². The highest BCUT2D eigenvalue weighted by atomic mass is 15.0. The fourth-order valence-electron chi connectivity index (χ4n) is 2.80. The van der Waals surface area contributed by atoms with Crippen LogP contribution in [0.25, 0.3) is 0 Å². The van der Waals surface area contributed by atoms with Crippen molar-refractivity contribution in [2.75, 3.05) is 5.73 Å². The normalized spacial score (nSPS) is 22.5. The highest BCUT2D eigenvalue weighted by Crippen LogP contribution is 2.32. The summed E-state index contributed by atoms with van der Waals surface area (Å²) in [5.41, 5.74) is 10.9. The van der Waals surface area contributed by atoms with Gasteiger partial charge in [-0.15, -0.1) is 0 Å². The van der Waals surface area contributed by atoms with Gasteiger partial charge in [0.15, 0.2) is 0 Å². The molecule has 3 rings (SSSR count). The van der Waals surface area contributed by atoms with Crippen LogP contribution in [0, 0.1) is 0 Å². The lowest BCUT2D eigenvalue weighted by molar-refractivity contribution is 0.465. The number of anilines is 1. The van der Waals surface area contributed by atoms with E-state index < -0.39 is 0 Å². The maximum Gasteiger partial charge on any atom is 0.0601 e. The van der Waals surface area contributed by atoms with Gasteiger partial charge in [0.25, 0.3) is 0 Å². The molecule has 92 valence electrons. The van der Waals surface area contributed by atoms with Crippen LogP contribution in [0.5, 0.6) is 0 Å². The second-order valence-electron chi connectivity index (χ2n) is 5.03. The maximum atomic E-state index is 6.11. The van der Waals surface area contributed by atoms with Crippen LogP contribution < -0.4 is 11.1 Å². The number of nitrogen functional groups attached to an aromatic ring is 1. The predicted molar refractivity (Wildman–Crippen MR) is 75.4 cm³/mol. The number of hydrogen-bond donors (Lipinski definition) is 2. The van der Waals surface area contributed by atoms with E-state index in [1.807, 2.05) is 12.1 Å². The fraction of sp³-hybridized carbons (Fsp3) is 0.250. The summed E-state index contributed by atoms with van der Waals surface area (Å²) in [5.74, 6) is 0. The molecular weight excluding hydrogens is 220 g/mol. The molecule has 0 radical (unpaired) electrons. The van der Waals surface area contributed by atoms with Crippen molar-refractivity contribution >= 4 is 5.69 Å². The van der Waals surface area contributed by atoms with Crippen molar-refractivity contribution in [3.8, 4) is 0 Å². The van der Waals surface area contributed by atoms with Crippen molar-refractivity contribution in [2.45, 2.75) is 25.4 Å². The summed E-state index contributed by atoms with van der Waals surface area (Å²) in [4.78, 5) is 0. The van der Waals surface area contributed by atoms with Gasteiger partial charge < -0.3 is 11.1 Å². The summed E-state index contributed by atoms with van der Waals surface area (Å²) in [6, 6.07) is 17.4. The minimum Gasteiger partial charge on any atom is -0.398 e. The molecule has 2 aromatic carbocycles. The minimum absolute atomic E-state index is 0.214. The molecule has 0 unspecified atom stereocenters. The van der Waals surface area contributed by atoms with Gasteiger partial charge in [-0.2, -0.15) is 0 Å². The van der Waals surface area contributed by atoms with Gasteiger partial charge in [-0.1, -0.05) is 42.5 Å². The molecule has 0 aromatic heterocycles. The molecule has 0 spiro atoms. The molecule has 2 atom stereocenters. The average molecular weight is 238 g/mol. The van der Waals surface area contributed by atoms with E-state index in [1.165, 1.54) is 16.7 Å². The van der Waals surface area contributed by atoms with Crippen LogP contribution in [0.15, 0.2) is 48.5 Å². The third-order valence-corrected chi connectivity index (χ3v) is 3.65. The Bertz CT molecular complexity index is 563. The Balaban J connectivity index is 2.11. The lowest BCUT2D eigenvalue weighted by Crippen LogP contribution is -2.38. The van der Waals surface area contributed by atoms with Gasteiger partial charge in [-0.05, 0) is 36.1 Å². The molecule has 0 aliphatic carbocycles. The third-order valence-electron chi connectivity index (χ3n) is 3.65. The number of rotatable bonds is 1. The van der Waals surface area contributed by atoms with Crippen molar-refractivity contribution in [1.29, 1.82) is 0 Å². The highest BCUT2D eigenvalue weighted by Gasteiger charge is 2.25. The molecule has 1 heterocycles. The molecule has 0 amide bonds. The number of benzene rings is 2. The molecule has 0 saturated carbocycles. The monoisotopic (exact) mass is 238 g/mol. The van der Waals surface area contributed by atoms with Gasteiger partial charge in [0, 0.05) is 11.7 Å². The van der Waals surface area contributed by atoms with E-state index >= 15 is 0 Å². The zero-order chi connectivity index (χ0) is 12.5. The summed E-state index contributed by atoms with van der Waals surface area (Å²) in [6.45, 7) is 2.22. The average Bonchev–Trinajstić information content (AvgIpc) is 2.38. The van der Waals surface area contributed by atoms with E-state index in [0.29, 0.717) is 6.04 Å². The van der Waals surface area contributed by atoms with Crippen molar-refractivity contribution < 1.29 is 0 Å². The first kappa shape index (κ1) is 11.3. The summed E-state index contributed by atoms with van der Waals surface area (Å²) >= 11 is 0. The van der Waals surface area contributed by atoms with E-state index in [-0.39, 0.29) is 6.04 Å². The Labute approximate surface area is 108 Å². The van der Waals surface area contributed by atoms with Crippen LogP contribution >= 0.6 is 0 Å². The molecule has 0 bridgehead atoms. The quantitative estimate of drug-likeness (QED) is 0.750. The van der Waals surface area contributed by atoms with Crippen LogP contribution in [0.1, 0.15) is 29.7 Å². The van der Waals surface area contributed by atoms with Crippen LogP contribution in [0.3, 0.4) is 0 Å². The van der Waals surface area contributed by atoms with E-state index in [4.69, 9.17) is 5.73 Å². The Kier molecular flexibility index (Phi) is 2.80. The van der Waals surface area contributed by atoms with Crippen LogP contribution in [0.2, 0.25) is 0 Å². The first-order valence-corrected chi connectivity index (χ1v) is 6.44. The topological polar surface area (TPSA) is 38.0 Å². The molecular formula is C16H18N2. The van der Waals surface area contributed by atoms with Gasteiger partial charge in [0.05, 0.1) is 6.04 Å². The SMILES string of the molecule is C[C@H]1Cc2ccccc2[C@H](c2ccccc2N)N1. The van der Waals surface area contributed by atoms with Gasteiger partial charge in [0.2, 0.25) is 0 Å². The van der Waals surface area contributed by atoms with E-state index in [0.717, 1.165) is 12.1 Å². The zero-order valence-corrected chi connectivity index (χ0v) is 10.6. The summed E-state index contributed by atoms with van der Waals surface area (Å²) in [7, 11) is 0. The predicted octanol–water partition coefficient (Wildman–Crippen LogP) is 2.89. The Morgan fingerprint density at radius 2 is 1.67 bits per heavy atom. The Morgan fingerprint density at radius 1 is 1.00 bits per heavy atom. The molecule has 2 nitrogen and oxygen atoms in total. The van der Waals surface area contributed by atoms with Crippen LogP contribution in [0.4, 0.5) is 5.69 Å². The second-order valence-corrected chi connectivity index (χ2v) is 5.03. The van der Waals surface area contributed by atoms with Crippen molar-refractivity contribution in [2.24, 2.45) is 0 Å². The van der Waals surface area contributed by atoms with Crippen molar-refractivity contribution in [3.63, 3.8) is 0 Å². The number of fused-ring (bicyclic) bond motifs is 1. The van der Waals surface area contributed by atoms with Gasteiger partial charge in [-0.3, -0.25) is 0 Å². The molecule has 1 aliphatic rings. The van der Waals surface area contributed by atoms with Gasteiger partial charge >= 0.3 is 0 Å². The van der Waals surface area contributed by atoms with Gasteiger partial charge in [-0.25, -0.2) is 0 Å². The van der Waals surface area contributed by atoms with Gasteiger partial charge in [0.1, 0.15) is 0 Å². The maximum absolute atomic E-state index is 6.11. The number of nitrogens with two attached hydrogens (primary N) is 1. The smallest absolute Gasteiger partial charge is 0.0601 e.